The van der Waals surface area contributed by atoms with Crippen molar-refractivity contribution in [1.29, 1.82) is 0 Å². The van der Waals surface area contributed by atoms with Gasteiger partial charge in [0.15, 0.2) is 0 Å². The van der Waals surface area contributed by atoms with E-state index in [0.717, 1.165) is 0 Å². The molecule has 1 saturated carbocycles. The Hall–Kier alpha value is -1.74. The first kappa shape index (κ1) is 61.3. The van der Waals surface area contributed by atoms with E-state index in [2.05, 4.69) is 182 Å². The number of hydrogen-bond donors (Lipinski definition) is 2. The van der Waals surface area contributed by atoms with Gasteiger partial charge in [-0.2, -0.15) is 9.79 Å². The summed E-state index contributed by atoms with van der Waals surface area (Å²) in [5.74, 6) is -0.258. The van der Waals surface area contributed by atoms with Crippen LogP contribution in [0.5, 0.6) is 0 Å². The molecule has 13 heteroatoms. The van der Waals surface area contributed by atoms with Gasteiger partial charge in [-0.1, -0.05) is 202 Å². The minimum atomic E-state index is -0.834. The van der Waals surface area contributed by atoms with Crippen LogP contribution in [0.3, 0.4) is 0 Å². The fourth-order valence-electron chi connectivity index (χ4n) is 6.08. The van der Waals surface area contributed by atoms with Crippen molar-refractivity contribution in [2.45, 2.75) is 9.79 Å². The van der Waals surface area contributed by atoms with Crippen LogP contribution < -0.4 is 31.9 Å². The molecule has 2 amide bonds. The van der Waals surface area contributed by atoms with E-state index in [-0.39, 0.29) is 118 Å². The van der Waals surface area contributed by atoms with E-state index in [9.17, 15) is 9.59 Å². The number of amides is 2. The number of nitrogens with one attached hydrogen (secondary N) is 2. The Kier molecular flexibility index (Phi) is 33.6. The smallest absolute Gasteiger partial charge is 0.779 e. The summed E-state index contributed by atoms with van der Waals surface area (Å²) in [6.45, 7) is 0. The van der Waals surface area contributed by atoms with Crippen LogP contribution in [0, 0.1) is 25.7 Å². The van der Waals surface area contributed by atoms with Crippen molar-refractivity contribution in [3.05, 3.63) is 231 Å². The number of rotatable bonds is 6. The predicted molar refractivity (Wildman–Crippen MR) is 257 cm³/mol. The maximum Gasteiger partial charge on any atom is 1.00 e. The van der Waals surface area contributed by atoms with Gasteiger partial charge in [0.25, 0.3) is 0 Å². The zero-order valence-corrected chi connectivity index (χ0v) is 47.4. The first-order chi connectivity index (χ1) is 28.4. The fraction of sp³-hybridized carbons (Fsp3) is 0.0400. The molecule has 1 fully saturated rings. The van der Waals surface area contributed by atoms with Gasteiger partial charge in [0.05, 0.1) is 0 Å². The van der Waals surface area contributed by atoms with Crippen molar-refractivity contribution in [3.63, 3.8) is 0 Å². The number of hydrogen-bond acceptors (Lipinski definition) is 4. The Balaban J connectivity index is 0.000000813. The molecule has 2 aliphatic carbocycles. The molecule has 0 spiro atoms. The molecule has 0 bridgehead atoms. The van der Waals surface area contributed by atoms with Gasteiger partial charge in [0, 0.05) is 87.1 Å². The Morgan fingerprint density at radius 2 is 0.746 bits per heavy atom. The summed E-state index contributed by atoms with van der Waals surface area (Å²) in [6.07, 6.45) is 17.5. The largest absolute Gasteiger partial charge is 1.00 e. The Morgan fingerprint density at radius 1 is 0.460 bits per heavy atom. The van der Waals surface area contributed by atoms with Crippen molar-refractivity contribution < 1.29 is 116 Å². The van der Waals surface area contributed by atoms with Gasteiger partial charge >= 0.3 is 44.8 Å². The summed E-state index contributed by atoms with van der Waals surface area (Å²) in [7, 11) is 1.51. The van der Waals surface area contributed by atoms with Crippen LogP contribution in [0.4, 0.5) is 0 Å². The maximum atomic E-state index is 11.1. The monoisotopic (exact) mass is 1680 g/mol. The topological polar surface area (TPSA) is 58.2 Å². The van der Waals surface area contributed by atoms with E-state index >= 15 is 0 Å². The average molecular weight is 1680 g/mol. The average Bonchev–Trinajstić information content (AvgIpc) is 4.02. The van der Waals surface area contributed by atoms with Crippen LogP contribution in [0.2, 0.25) is 0 Å². The van der Waals surface area contributed by atoms with Gasteiger partial charge < -0.3 is 66.9 Å². The van der Waals surface area contributed by atoms with Crippen LogP contribution >= 0.6 is 15.1 Å². The van der Waals surface area contributed by atoms with Gasteiger partial charge in [-0.25, -0.2) is 0 Å². The summed E-state index contributed by atoms with van der Waals surface area (Å²) in [6, 6.07) is 57.4. The number of allylic oxidation sites excluding steroid dienone is 4. The summed E-state index contributed by atoms with van der Waals surface area (Å²) < 4.78 is 0. The second-order valence-electron chi connectivity index (χ2n) is 12.7. The third kappa shape index (κ3) is 19.6. The Morgan fingerprint density at radius 3 is 1.05 bits per heavy atom. The third-order valence-corrected chi connectivity index (χ3v) is 15.0. The van der Waals surface area contributed by atoms with Gasteiger partial charge in [-0.15, -0.1) is 7.55 Å². The van der Waals surface area contributed by atoms with E-state index in [4.69, 9.17) is 25.3 Å². The number of benzene rings is 6. The summed E-state index contributed by atoms with van der Waals surface area (Å²) in [4.78, 5) is 23.3. The maximum absolute atomic E-state index is 11.1. The van der Waals surface area contributed by atoms with Gasteiger partial charge in [-0.3, -0.25) is 9.59 Å². The zero-order chi connectivity index (χ0) is 41.0. The molecule has 63 heavy (non-hydrogen) atoms. The molecule has 0 saturated heterocycles. The minimum absolute atomic E-state index is 0. The van der Waals surface area contributed by atoms with Crippen LogP contribution in [-0.2, 0) is 132 Å². The summed E-state index contributed by atoms with van der Waals surface area (Å²) >= 11 is 9.87. The molecule has 2 radical (unpaired) electrons. The van der Waals surface area contributed by atoms with E-state index in [1.165, 1.54) is 31.8 Å². The number of carbonyl (C=O) groups excluding carboxylic acids is 2. The molecule has 0 atom stereocenters. The molecule has 0 unspecified atom stereocenters. The molecular formula is C50H46Au4FeN2O2P2S2-4. The van der Waals surface area contributed by atoms with Crippen molar-refractivity contribution in [2.75, 3.05) is 14.1 Å². The molecule has 6 aromatic rings. The van der Waals surface area contributed by atoms with Crippen molar-refractivity contribution >= 4 is 84.0 Å². The van der Waals surface area contributed by atoms with Crippen molar-refractivity contribution in [3.8, 4) is 0 Å². The SMILES string of the molecule is C1=CC(=[PH](c2ccccc2)c2ccccc2)C=C1.CNC(=O)c1ccccc1[S-].CNC(=O)c1ccccc1[S-].[Au+].[Au+].[Au].[Au].[Fe].c1ccc([PH](=C2[CH-][CH-][CH-][CH-]2)c2ccccc2)cc1. The quantitative estimate of drug-likeness (QED) is 0.0772. The fourth-order valence-corrected chi connectivity index (χ4v) is 11.7. The zero-order valence-electron chi connectivity index (χ0n) is 34.0. The van der Waals surface area contributed by atoms with E-state index < -0.39 is 15.1 Å². The Labute approximate surface area is 460 Å². The van der Waals surface area contributed by atoms with Crippen molar-refractivity contribution in [1.82, 2.24) is 10.6 Å². The number of carbonyl (C=O) groups is 2. The molecule has 2 aliphatic rings. The first-order valence-electron chi connectivity index (χ1n) is 18.8. The second-order valence-corrected chi connectivity index (χ2v) is 18.6. The van der Waals surface area contributed by atoms with E-state index in [0.29, 0.717) is 20.9 Å². The molecule has 2 N–H and O–H groups in total. The van der Waals surface area contributed by atoms with Crippen LogP contribution in [0.1, 0.15) is 20.7 Å². The van der Waals surface area contributed by atoms with Crippen LogP contribution in [0.15, 0.2) is 204 Å². The van der Waals surface area contributed by atoms with Crippen LogP contribution in [-0.4, -0.2) is 36.5 Å². The Bertz CT molecular complexity index is 2230. The van der Waals surface area contributed by atoms with E-state index in [1.54, 1.807) is 50.5 Å². The summed E-state index contributed by atoms with van der Waals surface area (Å²) in [5.41, 5.74) is 1.12. The first-order valence-corrected chi connectivity index (χ1v) is 22.6. The molecule has 6 aromatic carbocycles. The van der Waals surface area contributed by atoms with E-state index in [1.807, 2.05) is 12.1 Å². The minimum Gasteiger partial charge on any atom is -0.779 e. The predicted octanol–water partition coefficient (Wildman–Crippen LogP) is 7.90. The molecule has 346 valence electrons. The molecule has 0 aromatic heterocycles. The second kappa shape index (κ2) is 34.6. The molecule has 0 aliphatic heterocycles. The molecular weight excluding hydrogens is 1630 g/mol. The van der Waals surface area contributed by atoms with Crippen molar-refractivity contribution in [2.24, 2.45) is 0 Å². The third-order valence-electron chi connectivity index (χ3n) is 8.87. The van der Waals surface area contributed by atoms with Gasteiger partial charge in [0.2, 0.25) is 11.8 Å². The normalized spacial score (nSPS) is 11.4. The summed E-state index contributed by atoms with van der Waals surface area (Å²) in [5, 5.41) is 13.7. The molecule has 4 nitrogen and oxygen atoms in total. The standard InChI is InChI=1S/2C17H15P.2C8H9NOS.4Au.Fe/c2*1-3-9-15(10-4-1)18(17-13-7-8-14-17)16-11-5-2-6-12-16;2*1-9-8(10)6-4-2-3-5-7(6)11;;;;;/h2*1-14,18H;2*2-5,11H,1H3,(H,9,10);;;;;/q;-4;;;;;2*+1;/p-2. The molecule has 8 rings (SSSR count). The van der Waals surface area contributed by atoms with Crippen LogP contribution in [0.25, 0.3) is 0 Å². The molecule has 0 heterocycles. The van der Waals surface area contributed by atoms with Gasteiger partial charge in [0.1, 0.15) is 0 Å². The van der Waals surface area contributed by atoms with Gasteiger partial charge in [-0.05, 0) is 26.5 Å².